The predicted molar refractivity (Wildman–Crippen MR) is 89.9 cm³/mol. The summed E-state index contributed by atoms with van der Waals surface area (Å²) in [5.41, 5.74) is 2.90. The molecule has 3 aromatic rings. The Kier molecular flexibility index (Phi) is 3.51. The SMILES string of the molecule is COc1ccc(-c2c(Nc3nccs3)ccc3c2OCO3)cc1. The van der Waals surface area contributed by atoms with Crippen LogP contribution in [0, 0.1) is 0 Å². The lowest BCUT2D eigenvalue weighted by Crippen LogP contribution is -1.96. The van der Waals surface area contributed by atoms with Crippen molar-refractivity contribution in [1.82, 2.24) is 4.98 Å². The van der Waals surface area contributed by atoms with E-state index in [0.717, 1.165) is 39.2 Å². The number of nitrogens with one attached hydrogen (secondary N) is 1. The zero-order chi connectivity index (χ0) is 15.6. The largest absolute Gasteiger partial charge is 0.497 e. The van der Waals surface area contributed by atoms with Gasteiger partial charge in [0.2, 0.25) is 6.79 Å². The van der Waals surface area contributed by atoms with Gasteiger partial charge >= 0.3 is 0 Å². The number of fused-ring (bicyclic) bond motifs is 1. The minimum Gasteiger partial charge on any atom is -0.497 e. The molecule has 2 aromatic carbocycles. The monoisotopic (exact) mass is 326 g/mol. The van der Waals surface area contributed by atoms with Gasteiger partial charge in [-0.1, -0.05) is 12.1 Å². The van der Waals surface area contributed by atoms with Crippen LogP contribution in [0.5, 0.6) is 17.2 Å². The normalized spacial score (nSPS) is 12.2. The number of methoxy groups -OCH3 is 1. The fraction of sp³-hybridized carbons (Fsp3) is 0.118. The average Bonchev–Trinajstić information content (AvgIpc) is 3.26. The van der Waals surface area contributed by atoms with Crippen LogP contribution in [0.3, 0.4) is 0 Å². The molecular formula is C17H14N2O3S. The fourth-order valence-electron chi connectivity index (χ4n) is 2.52. The highest BCUT2D eigenvalue weighted by atomic mass is 32.1. The van der Waals surface area contributed by atoms with E-state index in [1.54, 1.807) is 24.6 Å². The van der Waals surface area contributed by atoms with Crippen molar-refractivity contribution < 1.29 is 14.2 Å². The summed E-state index contributed by atoms with van der Waals surface area (Å²) in [5, 5.41) is 6.11. The van der Waals surface area contributed by atoms with Gasteiger partial charge in [-0.15, -0.1) is 11.3 Å². The van der Waals surface area contributed by atoms with Crippen LogP contribution in [0.2, 0.25) is 0 Å². The first-order valence-electron chi connectivity index (χ1n) is 7.08. The second-order valence-electron chi connectivity index (χ2n) is 4.91. The maximum absolute atomic E-state index is 5.69. The van der Waals surface area contributed by atoms with Gasteiger partial charge in [0.1, 0.15) is 5.75 Å². The van der Waals surface area contributed by atoms with Crippen molar-refractivity contribution in [2.24, 2.45) is 0 Å². The van der Waals surface area contributed by atoms with E-state index in [1.807, 2.05) is 41.8 Å². The Morgan fingerprint density at radius 2 is 2.00 bits per heavy atom. The Morgan fingerprint density at radius 3 is 2.74 bits per heavy atom. The smallest absolute Gasteiger partial charge is 0.231 e. The molecule has 1 aliphatic heterocycles. The summed E-state index contributed by atoms with van der Waals surface area (Å²) < 4.78 is 16.4. The van der Waals surface area contributed by atoms with Crippen molar-refractivity contribution in [3.05, 3.63) is 48.0 Å². The quantitative estimate of drug-likeness (QED) is 0.775. The third-order valence-corrected chi connectivity index (χ3v) is 4.28. The number of hydrogen-bond acceptors (Lipinski definition) is 6. The van der Waals surface area contributed by atoms with Crippen LogP contribution in [0.4, 0.5) is 10.8 Å². The van der Waals surface area contributed by atoms with Crippen LogP contribution in [0.15, 0.2) is 48.0 Å². The molecule has 0 amide bonds. The Bertz CT molecular complexity index is 817. The maximum Gasteiger partial charge on any atom is 0.231 e. The highest BCUT2D eigenvalue weighted by molar-refractivity contribution is 7.13. The van der Waals surface area contributed by atoms with E-state index in [-0.39, 0.29) is 6.79 Å². The van der Waals surface area contributed by atoms with Gasteiger partial charge in [0.15, 0.2) is 16.6 Å². The third kappa shape index (κ3) is 2.57. The fourth-order valence-corrected chi connectivity index (χ4v) is 3.06. The van der Waals surface area contributed by atoms with E-state index < -0.39 is 0 Å². The third-order valence-electron chi connectivity index (χ3n) is 3.59. The predicted octanol–water partition coefficient (Wildman–Crippen LogP) is 4.29. The summed E-state index contributed by atoms with van der Waals surface area (Å²) >= 11 is 1.55. The molecule has 0 saturated carbocycles. The van der Waals surface area contributed by atoms with E-state index in [1.165, 1.54) is 0 Å². The molecule has 4 rings (SSSR count). The lowest BCUT2D eigenvalue weighted by Gasteiger charge is -2.13. The van der Waals surface area contributed by atoms with Crippen LogP contribution in [0.1, 0.15) is 0 Å². The molecular weight excluding hydrogens is 312 g/mol. The highest BCUT2D eigenvalue weighted by Gasteiger charge is 2.22. The minimum absolute atomic E-state index is 0.235. The first kappa shape index (κ1) is 13.9. The van der Waals surface area contributed by atoms with Crippen molar-refractivity contribution in [3.8, 4) is 28.4 Å². The highest BCUT2D eigenvalue weighted by Crippen LogP contribution is 2.46. The number of thiazole rings is 1. The van der Waals surface area contributed by atoms with E-state index in [2.05, 4.69) is 10.3 Å². The molecule has 23 heavy (non-hydrogen) atoms. The molecule has 1 N–H and O–H groups in total. The number of hydrogen-bond donors (Lipinski definition) is 1. The van der Waals surface area contributed by atoms with Crippen molar-refractivity contribution in [1.29, 1.82) is 0 Å². The summed E-state index contributed by atoms with van der Waals surface area (Å²) in [6, 6.07) is 11.8. The number of ether oxygens (including phenoxy) is 3. The Balaban J connectivity index is 1.82. The molecule has 1 aliphatic rings. The van der Waals surface area contributed by atoms with E-state index in [4.69, 9.17) is 14.2 Å². The molecule has 0 fully saturated rings. The Hall–Kier alpha value is -2.73. The second-order valence-corrected chi connectivity index (χ2v) is 5.81. The minimum atomic E-state index is 0.235. The molecule has 0 saturated heterocycles. The van der Waals surface area contributed by atoms with Crippen molar-refractivity contribution >= 4 is 22.2 Å². The number of aromatic nitrogens is 1. The van der Waals surface area contributed by atoms with Crippen molar-refractivity contribution in [2.45, 2.75) is 0 Å². The molecule has 2 heterocycles. The van der Waals surface area contributed by atoms with Crippen LogP contribution >= 0.6 is 11.3 Å². The van der Waals surface area contributed by atoms with Gasteiger partial charge in [0.25, 0.3) is 0 Å². The molecule has 1 aromatic heterocycles. The van der Waals surface area contributed by atoms with Gasteiger partial charge < -0.3 is 19.5 Å². The average molecular weight is 326 g/mol. The molecule has 0 atom stereocenters. The second kappa shape index (κ2) is 5.81. The van der Waals surface area contributed by atoms with Crippen LogP contribution in [-0.4, -0.2) is 18.9 Å². The number of benzene rings is 2. The number of anilines is 2. The Labute approximate surface area is 137 Å². The first-order valence-corrected chi connectivity index (χ1v) is 7.96. The lowest BCUT2D eigenvalue weighted by molar-refractivity contribution is 0.174. The Morgan fingerprint density at radius 1 is 1.13 bits per heavy atom. The topological polar surface area (TPSA) is 52.6 Å². The van der Waals surface area contributed by atoms with Crippen LogP contribution in [-0.2, 0) is 0 Å². The standard InChI is InChI=1S/C17H14N2O3S/c1-20-12-4-2-11(3-5-12)15-13(19-17-18-8-9-23-17)6-7-14-16(15)22-10-21-14/h2-9H,10H2,1H3,(H,18,19). The summed E-state index contributed by atoms with van der Waals surface area (Å²) in [6.45, 7) is 0.235. The van der Waals surface area contributed by atoms with Gasteiger partial charge in [0.05, 0.1) is 18.4 Å². The van der Waals surface area contributed by atoms with Gasteiger partial charge in [-0.05, 0) is 29.8 Å². The van der Waals surface area contributed by atoms with Crippen LogP contribution < -0.4 is 19.5 Å². The summed E-state index contributed by atoms with van der Waals surface area (Å²) in [6.07, 6.45) is 1.77. The molecule has 0 bridgehead atoms. The van der Waals surface area contributed by atoms with Gasteiger partial charge in [-0.2, -0.15) is 0 Å². The molecule has 6 heteroatoms. The first-order chi connectivity index (χ1) is 11.3. The molecule has 5 nitrogen and oxygen atoms in total. The molecule has 0 spiro atoms. The van der Waals surface area contributed by atoms with Crippen molar-refractivity contribution in [2.75, 3.05) is 19.2 Å². The molecule has 0 radical (unpaired) electrons. The lowest BCUT2D eigenvalue weighted by atomic mass is 10.0. The van der Waals surface area contributed by atoms with Crippen molar-refractivity contribution in [3.63, 3.8) is 0 Å². The molecule has 116 valence electrons. The van der Waals surface area contributed by atoms with Gasteiger partial charge in [0, 0.05) is 11.6 Å². The van der Waals surface area contributed by atoms with E-state index in [0.29, 0.717) is 0 Å². The number of rotatable bonds is 4. The zero-order valence-electron chi connectivity index (χ0n) is 12.4. The summed E-state index contributed by atoms with van der Waals surface area (Å²) in [5.74, 6) is 2.31. The zero-order valence-corrected chi connectivity index (χ0v) is 13.2. The molecule has 0 aliphatic carbocycles. The van der Waals surface area contributed by atoms with Gasteiger partial charge in [-0.3, -0.25) is 0 Å². The summed E-state index contributed by atoms with van der Waals surface area (Å²) in [7, 11) is 1.65. The van der Waals surface area contributed by atoms with Gasteiger partial charge in [-0.25, -0.2) is 4.98 Å². The maximum atomic E-state index is 5.69. The number of nitrogens with zero attached hydrogens (tertiary/aromatic N) is 1. The van der Waals surface area contributed by atoms with Crippen LogP contribution in [0.25, 0.3) is 11.1 Å². The molecule has 0 unspecified atom stereocenters. The van der Waals surface area contributed by atoms with E-state index >= 15 is 0 Å². The summed E-state index contributed by atoms with van der Waals surface area (Å²) in [4.78, 5) is 4.28. The van der Waals surface area contributed by atoms with E-state index in [9.17, 15) is 0 Å².